The average molecular weight is 226 g/mol. The zero-order valence-corrected chi connectivity index (χ0v) is 9.00. The second kappa shape index (κ2) is 3.99. The molecule has 0 bridgehead atoms. The Hall–Kier alpha value is -2.20. The van der Waals surface area contributed by atoms with Crippen LogP contribution in [0.5, 0.6) is 0 Å². The van der Waals surface area contributed by atoms with Crippen LogP contribution in [0.25, 0.3) is 22.2 Å². The molecular weight excluding hydrogens is 216 g/mol. The Bertz CT molecular complexity index is 656. The van der Waals surface area contributed by atoms with Gasteiger partial charge in [0.1, 0.15) is 6.61 Å². The molecule has 4 heteroatoms. The van der Waals surface area contributed by atoms with Crippen molar-refractivity contribution >= 4 is 10.8 Å². The minimum absolute atomic E-state index is 0.214. The highest BCUT2D eigenvalue weighted by Crippen LogP contribution is 2.27. The van der Waals surface area contributed by atoms with Crippen molar-refractivity contribution in [2.24, 2.45) is 0 Å². The Morgan fingerprint density at radius 2 is 1.88 bits per heavy atom. The van der Waals surface area contributed by atoms with Gasteiger partial charge in [-0.1, -0.05) is 41.6 Å². The molecule has 1 aromatic heterocycles. The van der Waals surface area contributed by atoms with Crippen LogP contribution in [-0.2, 0) is 6.61 Å². The van der Waals surface area contributed by atoms with Gasteiger partial charge in [-0.25, -0.2) is 0 Å². The van der Waals surface area contributed by atoms with Crippen LogP contribution in [-0.4, -0.2) is 15.2 Å². The molecule has 1 N–H and O–H groups in total. The van der Waals surface area contributed by atoms with Gasteiger partial charge in [0.25, 0.3) is 5.89 Å². The summed E-state index contributed by atoms with van der Waals surface area (Å²) in [6.45, 7) is -0.214. The summed E-state index contributed by atoms with van der Waals surface area (Å²) >= 11 is 0. The maximum absolute atomic E-state index is 8.93. The van der Waals surface area contributed by atoms with Crippen LogP contribution >= 0.6 is 0 Å². The van der Waals surface area contributed by atoms with Crippen LogP contribution in [0, 0.1) is 0 Å². The number of aromatic nitrogens is 2. The highest BCUT2D eigenvalue weighted by molar-refractivity contribution is 5.94. The first kappa shape index (κ1) is 9.99. The minimum Gasteiger partial charge on any atom is -0.388 e. The molecule has 0 fully saturated rings. The van der Waals surface area contributed by atoms with Crippen molar-refractivity contribution in [1.82, 2.24) is 10.1 Å². The zero-order chi connectivity index (χ0) is 11.7. The van der Waals surface area contributed by atoms with Gasteiger partial charge in [-0.05, 0) is 16.8 Å². The third kappa shape index (κ3) is 1.68. The molecule has 0 amide bonds. The van der Waals surface area contributed by atoms with Gasteiger partial charge in [-0.15, -0.1) is 0 Å². The van der Waals surface area contributed by atoms with Crippen molar-refractivity contribution in [3.8, 4) is 11.5 Å². The third-order valence-corrected chi connectivity index (χ3v) is 2.63. The van der Waals surface area contributed by atoms with E-state index >= 15 is 0 Å². The van der Waals surface area contributed by atoms with Gasteiger partial charge < -0.3 is 9.63 Å². The Morgan fingerprint density at radius 3 is 2.71 bits per heavy atom. The molecule has 3 aromatic rings. The monoisotopic (exact) mass is 226 g/mol. The number of nitrogens with zero attached hydrogens (tertiary/aromatic N) is 2. The van der Waals surface area contributed by atoms with Crippen LogP contribution in [0.2, 0.25) is 0 Å². The van der Waals surface area contributed by atoms with Gasteiger partial charge in [-0.2, -0.15) is 4.98 Å². The Balaban J connectivity index is 2.23. The summed E-state index contributed by atoms with van der Waals surface area (Å²) in [5.41, 5.74) is 0.885. The smallest absolute Gasteiger partial charge is 0.258 e. The maximum Gasteiger partial charge on any atom is 0.258 e. The Labute approximate surface area is 97.5 Å². The second-order valence-corrected chi connectivity index (χ2v) is 3.70. The predicted octanol–water partition coefficient (Wildman–Crippen LogP) is 2.38. The highest BCUT2D eigenvalue weighted by atomic mass is 16.5. The van der Waals surface area contributed by atoms with Crippen molar-refractivity contribution in [2.75, 3.05) is 0 Å². The van der Waals surface area contributed by atoms with E-state index in [-0.39, 0.29) is 6.61 Å². The molecule has 0 aliphatic carbocycles. The number of aliphatic hydroxyl groups is 1. The van der Waals surface area contributed by atoms with Crippen molar-refractivity contribution in [3.05, 3.63) is 48.3 Å². The van der Waals surface area contributed by atoms with Gasteiger partial charge in [0.2, 0.25) is 0 Å². The second-order valence-electron chi connectivity index (χ2n) is 3.70. The van der Waals surface area contributed by atoms with E-state index in [9.17, 15) is 0 Å². The average Bonchev–Trinajstić information content (AvgIpc) is 2.87. The molecule has 4 nitrogen and oxygen atoms in total. The molecule has 0 aliphatic rings. The third-order valence-electron chi connectivity index (χ3n) is 2.63. The van der Waals surface area contributed by atoms with E-state index in [0.717, 1.165) is 16.3 Å². The summed E-state index contributed by atoms with van der Waals surface area (Å²) in [6.07, 6.45) is 0. The fourth-order valence-corrected chi connectivity index (χ4v) is 1.84. The Morgan fingerprint density at radius 1 is 1.06 bits per heavy atom. The van der Waals surface area contributed by atoms with Crippen molar-refractivity contribution in [2.45, 2.75) is 6.61 Å². The molecule has 1 heterocycles. The molecule has 2 aromatic carbocycles. The van der Waals surface area contributed by atoms with E-state index in [1.165, 1.54) is 0 Å². The fourth-order valence-electron chi connectivity index (χ4n) is 1.84. The first-order valence-electron chi connectivity index (χ1n) is 5.30. The molecule has 0 aliphatic heterocycles. The summed E-state index contributed by atoms with van der Waals surface area (Å²) in [4.78, 5) is 4.12. The summed E-state index contributed by atoms with van der Waals surface area (Å²) in [6, 6.07) is 13.9. The SMILES string of the molecule is OCc1noc(-c2cccc3ccccc23)n1. The number of hydrogen-bond acceptors (Lipinski definition) is 4. The number of aliphatic hydroxyl groups excluding tert-OH is 1. The van der Waals surface area contributed by atoms with E-state index < -0.39 is 0 Å². The number of benzene rings is 2. The minimum atomic E-state index is -0.214. The molecule has 0 atom stereocenters. The predicted molar refractivity (Wildman–Crippen MR) is 63.2 cm³/mol. The quantitative estimate of drug-likeness (QED) is 0.728. The molecule has 3 rings (SSSR count). The van der Waals surface area contributed by atoms with Gasteiger partial charge in [0.05, 0.1) is 0 Å². The lowest BCUT2D eigenvalue weighted by Crippen LogP contribution is -1.85. The first-order valence-corrected chi connectivity index (χ1v) is 5.30. The van der Waals surface area contributed by atoms with E-state index in [2.05, 4.69) is 10.1 Å². The van der Waals surface area contributed by atoms with Crippen LogP contribution in [0.1, 0.15) is 5.82 Å². The van der Waals surface area contributed by atoms with Crippen molar-refractivity contribution in [3.63, 3.8) is 0 Å². The summed E-state index contributed by atoms with van der Waals surface area (Å²) in [5, 5.41) is 14.8. The van der Waals surface area contributed by atoms with Crippen LogP contribution < -0.4 is 0 Å². The summed E-state index contributed by atoms with van der Waals surface area (Å²) in [5.74, 6) is 0.735. The molecule has 84 valence electrons. The maximum atomic E-state index is 8.93. The molecule has 0 spiro atoms. The molecular formula is C13H10N2O2. The number of rotatable bonds is 2. The highest BCUT2D eigenvalue weighted by Gasteiger charge is 2.10. The lowest BCUT2D eigenvalue weighted by Gasteiger charge is -2.01. The first-order chi connectivity index (χ1) is 8.38. The lowest BCUT2D eigenvalue weighted by atomic mass is 10.0. The summed E-state index contributed by atoms with van der Waals surface area (Å²) < 4.78 is 5.13. The number of fused-ring (bicyclic) bond motifs is 1. The zero-order valence-electron chi connectivity index (χ0n) is 9.00. The number of hydrogen-bond donors (Lipinski definition) is 1. The van der Waals surface area contributed by atoms with E-state index in [0.29, 0.717) is 11.7 Å². The van der Waals surface area contributed by atoms with Crippen molar-refractivity contribution in [1.29, 1.82) is 0 Å². The van der Waals surface area contributed by atoms with Crippen LogP contribution in [0.4, 0.5) is 0 Å². The van der Waals surface area contributed by atoms with Gasteiger partial charge in [0, 0.05) is 5.56 Å². The van der Waals surface area contributed by atoms with E-state index in [1.54, 1.807) is 0 Å². The topological polar surface area (TPSA) is 59.2 Å². The van der Waals surface area contributed by atoms with E-state index in [1.807, 2.05) is 42.5 Å². The van der Waals surface area contributed by atoms with Crippen molar-refractivity contribution < 1.29 is 9.63 Å². The van der Waals surface area contributed by atoms with E-state index in [4.69, 9.17) is 9.63 Å². The molecule has 0 saturated carbocycles. The lowest BCUT2D eigenvalue weighted by molar-refractivity contribution is 0.264. The van der Waals surface area contributed by atoms with Gasteiger partial charge in [-0.3, -0.25) is 0 Å². The fraction of sp³-hybridized carbons (Fsp3) is 0.0769. The molecule has 17 heavy (non-hydrogen) atoms. The standard InChI is InChI=1S/C13H10N2O2/c16-8-12-14-13(17-15-12)11-7-3-5-9-4-1-2-6-10(9)11/h1-7,16H,8H2. The largest absolute Gasteiger partial charge is 0.388 e. The molecule has 0 radical (unpaired) electrons. The van der Waals surface area contributed by atoms with Gasteiger partial charge in [0.15, 0.2) is 5.82 Å². The van der Waals surface area contributed by atoms with Gasteiger partial charge >= 0.3 is 0 Å². The Kier molecular flexibility index (Phi) is 2.34. The normalized spacial score (nSPS) is 10.9. The van der Waals surface area contributed by atoms with Crippen LogP contribution in [0.15, 0.2) is 47.0 Å². The molecule has 0 unspecified atom stereocenters. The molecule has 0 saturated heterocycles. The van der Waals surface area contributed by atoms with Crippen LogP contribution in [0.3, 0.4) is 0 Å². The summed E-state index contributed by atoms with van der Waals surface area (Å²) in [7, 11) is 0.